The maximum Gasteiger partial charge on any atom is 0.243 e. The molecule has 0 amide bonds. The Kier molecular flexibility index (Phi) is 4.96. The molecular weight excluding hydrogens is 274 g/mol. The predicted molar refractivity (Wildman–Crippen MR) is 78.6 cm³/mol. The molecule has 3 rings (SSSR count). The maximum absolute atomic E-state index is 5.39. The summed E-state index contributed by atoms with van der Waals surface area (Å²) in [5.41, 5.74) is 0. The van der Waals surface area contributed by atoms with E-state index in [0.29, 0.717) is 5.89 Å². The molecule has 2 aliphatic rings. The van der Waals surface area contributed by atoms with Crippen molar-refractivity contribution < 1.29 is 9.26 Å². The minimum atomic E-state index is 0.154. The van der Waals surface area contributed by atoms with Crippen molar-refractivity contribution in [2.24, 2.45) is 0 Å². The highest BCUT2D eigenvalue weighted by Crippen LogP contribution is 2.30. The van der Waals surface area contributed by atoms with E-state index in [-0.39, 0.29) is 12.1 Å². The van der Waals surface area contributed by atoms with Gasteiger partial charge in [-0.15, -0.1) is 0 Å². The third kappa shape index (κ3) is 3.54. The fourth-order valence-electron chi connectivity index (χ4n) is 2.96. The van der Waals surface area contributed by atoms with Crippen LogP contribution in [0.5, 0.6) is 0 Å². The summed E-state index contributed by atoms with van der Waals surface area (Å²) >= 11 is 1.98. The van der Waals surface area contributed by atoms with Gasteiger partial charge in [-0.2, -0.15) is 16.7 Å². The average Bonchev–Trinajstić information content (AvgIpc) is 3.15. The zero-order valence-electron chi connectivity index (χ0n) is 12.0. The fourth-order valence-corrected chi connectivity index (χ4v) is 4.13. The Morgan fingerprint density at radius 1 is 1.35 bits per heavy atom. The van der Waals surface area contributed by atoms with Crippen molar-refractivity contribution in [2.75, 3.05) is 13.7 Å². The second-order valence-corrected chi connectivity index (χ2v) is 6.96. The van der Waals surface area contributed by atoms with Gasteiger partial charge in [0.25, 0.3) is 0 Å². The molecule has 1 N–H and O–H groups in total. The van der Waals surface area contributed by atoms with Crippen molar-refractivity contribution in [3.63, 3.8) is 0 Å². The number of aromatic nitrogens is 2. The molecule has 5 nitrogen and oxygen atoms in total. The van der Waals surface area contributed by atoms with Crippen LogP contribution in [0, 0.1) is 0 Å². The Hall–Kier alpha value is -0.590. The average molecular weight is 297 g/mol. The number of hydrogen-bond acceptors (Lipinski definition) is 6. The minimum absolute atomic E-state index is 0.154. The molecule has 1 aromatic rings. The Morgan fingerprint density at radius 2 is 2.20 bits per heavy atom. The molecule has 0 aromatic carbocycles. The first kappa shape index (κ1) is 14.4. The minimum Gasteiger partial charge on any atom is -0.380 e. The van der Waals surface area contributed by atoms with Crippen molar-refractivity contribution in [3.05, 3.63) is 11.7 Å². The van der Waals surface area contributed by atoms with Crippen molar-refractivity contribution in [1.82, 2.24) is 15.5 Å². The van der Waals surface area contributed by atoms with E-state index in [2.05, 4.69) is 15.5 Å². The third-order valence-electron chi connectivity index (χ3n) is 4.21. The molecule has 2 unspecified atom stereocenters. The van der Waals surface area contributed by atoms with Gasteiger partial charge in [-0.25, -0.2) is 0 Å². The molecule has 112 valence electrons. The van der Waals surface area contributed by atoms with Gasteiger partial charge >= 0.3 is 0 Å². The number of methoxy groups -OCH3 is 1. The highest BCUT2D eigenvalue weighted by molar-refractivity contribution is 7.99. The van der Waals surface area contributed by atoms with Crippen LogP contribution in [-0.2, 0) is 10.5 Å². The first-order valence-corrected chi connectivity index (χ1v) is 8.60. The van der Waals surface area contributed by atoms with Crippen molar-refractivity contribution >= 4 is 11.8 Å². The lowest BCUT2D eigenvalue weighted by molar-refractivity contribution is 0.116. The molecule has 2 fully saturated rings. The topological polar surface area (TPSA) is 60.2 Å². The molecule has 1 saturated heterocycles. The summed E-state index contributed by atoms with van der Waals surface area (Å²) in [7, 11) is 1.74. The van der Waals surface area contributed by atoms with E-state index in [1.807, 2.05) is 11.8 Å². The molecule has 20 heavy (non-hydrogen) atoms. The van der Waals surface area contributed by atoms with E-state index in [4.69, 9.17) is 9.26 Å². The van der Waals surface area contributed by atoms with E-state index in [1.54, 1.807) is 7.11 Å². The van der Waals surface area contributed by atoms with E-state index < -0.39 is 0 Å². The summed E-state index contributed by atoms with van der Waals surface area (Å²) in [5.74, 6) is 2.41. The SMILES string of the molecule is COC1CNC(c2nc(CSC3CCCCC3)no2)C1. The van der Waals surface area contributed by atoms with Gasteiger partial charge in [0.05, 0.1) is 17.9 Å². The fraction of sp³-hybridized carbons (Fsp3) is 0.857. The Labute approximate surface area is 124 Å². The van der Waals surface area contributed by atoms with E-state index in [1.165, 1.54) is 32.1 Å². The molecule has 2 atom stereocenters. The molecule has 1 saturated carbocycles. The molecule has 2 heterocycles. The van der Waals surface area contributed by atoms with Crippen molar-refractivity contribution in [1.29, 1.82) is 0 Å². The number of nitrogens with one attached hydrogen (secondary N) is 1. The maximum atomic E-state index is 5.39. The third-order valence-corrected chi connectivity index (χ3v) is 5.57. The Morgan fingerprint density at radius 3 is 2.95 bits per heavy atom. The molecule has 0 radical (unpaired) electrons. The van der Waals surface area contributed by atoms with Gasteiger partial charge in [-0.3, -0.25) is 0 Å². The largest absolute Gasteiger partial charge is 0.380 e. The van der Waals surface area contributed by atoms with E-state index in [0.717, 1.165) is 29.8 Å². The van der Waals surface area contributed by atoms with Crippen LogP contribution in [0.25, 0.3) is 0 Å². The van der Waals surface area contributed by atoms with Gasteiger partial charge in [-0.05, 0) is 19.3 Å². The second kappa shape index (κ2) is 6.91. The Balaban J connectivity index is 1.49. The van der Waals surface area contributed by atoms with Gasteiger partial charge < -0.3 is 14.6 Å². The van der Waals surface area contributed by atoms with Crippen LogP contribution in [0.4, 0.5) is 0 Å². The van der Waals surface area contributed by atoms with Gasteiger partial charge in [-0.1, -0.05) is 24.4 Å². The summed E-state index contributed by atoms with van der Waals surface area (Å²) < 4.78 is 10.7. The lowest BCUT2D eigenvalue weighted by Gasteiger charge is -2.19. The number of ether oxygens (including phenoxy) is 1. The van der Waals surface area contributed by atoms with Crippen molar-refractivity contribution in [3.8, 4) is 0 Å². The summed E-state index contributed by atoms with van der Waals surface area (Å²) in [6, 6.07) is 0.154. The summed E-state index contributed by atoms with van der Waals surface area (Å²) in [6.07, 6.45) is 8.00. The Bertz CT molecular complexity index is 420. The summed E-state index contributed by atoms with van der Waals surface area (Å²) in [5, 5.41) is 8.26. The monoisotopic (exact) mass is 297 g/mol. The number of hydrogen-bond donors (Lipinski definition) is 1. The zero-order chi connectivity index (χ0) is 13.8. The molecule has 1 aliphatic heterocycles. The number of nitrogens with zero attached hydrogens (tertiary/aromatic N) is 2. The van der Waals surface area contributed by atoms with Crippen molar-refractivity contribution in [2.45, 2.75) is 61.7 Å². The second-order valence-electron chi connectivity index (χ2n) is 5.67. The quantitative estimate of drug-likeness (QED) is 0.901. The molecule has 6 heteroatoms. The van der Waals surface area contributed by atoms with E-state index >= 15 is 0 Å². The highest BCUT2D eigenvalue weighted by atomic mass is 32.2. The summed E-state index contributed by atoms with van der Waals surface area (Å²) in [6.45, 7) is 0.857. The molecule has 0 bridgehead atoms. The van der Waals surface area contributed by atoms with Crippen LogP contribution in [-0.4, -0.2) is 35.1 Å². The predicted octanol–water partition coefficient (Wildman–Crippen LogP) is 2.68. The molecule has 1 aliphatic carbocycles. The standard InChI is InChI=1S/C14H23N3O2S/c1-18-10-7-12(15-8-10)14-16-13(17-19-14)9-20-11-5-3-2-4-6-11/h10-12,15H,2-9H2,1H3. The van der Waals surface area contributed by atoms with Crippen LogP contribution in [0.1, 0.15) is 56.3 Å². The van der Waals surface area contributed by atoms with E-state index in [9.17, 15) is 0 Å². The van der Waals surface area contributed by atoms with Gasteiger partial charge in [0.2, 0.25) is 5.89 Å². The summed E-state index contributed by atoms with van der Waals surface area (Å²) in [4.78, 5) is 4.53. The molecule has 1 aromatic heterocycles. The van der Waals surface area contributed by atoms with Gasteiger partial charge in [0.1, 0.15) is 0 Å². The van der Waals surface area contributed by atoms with Gasteiger partial charge in [0, 0.05) is 18.9 Å². The van der Waals surface area contributed by atoms with Crippen LogP contribution in [0.15, 0.2) is 4.52 Å². The lowest BCUT2D eigenvalue weighted by atomic mass is 10.0. The first-order chi connectivity index (χ1) is 9.85. The normalized spacial score (nSPS) is 28.1. The smallest absolute Gasteiger partial charge is 0.243 e. The molecule has 0 spiro atoms. The number of rotatable bonds is 5. The van der Waals surface area contributed by atoms with Crippen LogP contribution in [0.2, 0.25) is 0 Å². The first-order valence-electron chi connectivity index (χ1n) is 7.55. The zero-order valence-corrected chi connectivity index (χ0v) is 12.8. The molecular formula is C14H23N3O2S. The van der Waals surface area contributed by atoms with Crippen LogP contribution >= 0.6 is 11.8 Å². The van der Waals surface area contributed by atoms with Crippen LogP contribution < -0.4 is 5.32 Å². The van der Waals surface area contributed by atoms with Gasteiger partial charge in [0.15, 0.2) is 5.82 Å². The van der Waals surface area contributed by atoms with Crippen LogP contribution in [0.3, 0.4) is 0 Å². The highest BCUT2D eigenvalue weighted by Gasteiger charge is 2.29. The lowest BCUT2D eigenvalue weighted by Crippen LogP contribution is -2.16. The number of thioether (sulfide) groups is 1.